The van der Waals surface area contributed by atoms with Crippen LogP contribution in [0, 0.1) is 6.92 Å². The summed E-state index contributed by atoms with van der Waals surface area (Å²) in [6, 6.07) is 9.64. The number of rotatable bonds is 8. The number of halogens is 3. The predicted molar refractivity (Wildman–Crippen MR) is 118 cm³/mol. The zero-order valence-electron chi connectivity index (χ0n) is 16.6. The predicted octanol–water partition coefficient (Wildman–Crippen LogP) is 3.38. The fourth-order valence-electron chi connectivity index (χ4n) is 2.43. The first-order chi connectivity index (χ1) is 14.3. The van der Waals surface area contributed by atoms with Crippen LogP contribution in [0.2, 0.25) is 0 Å². The van der Waals surface area contributed by atoms with E-state index in [-0.39, 0.29) is 22.1 Å². The summed E-state index contributed by atoms with van der Waals surface area (Å²) in [5.74, 6) is -0.570. The minimum atomic E-state index is -4.82. The van der Waals surface area contributed by atoms with Crippen molar-refractivity contribution in [1.82, 2.24) is 5.32 Å². The van der Waals surface area contributed by atoms with Gasteiger partial charge in [0.25, 0.3) is 5.91 Å². The minimum absolute atomic E-state index is 0.0407. The fraction of sp³-hybridized carbons (Fsp3) is 0.250. The minimum Gasteiger partial charge on any atom is -0.490 e. The normalized spacial score (nSPS) is 13.1. The summed E-state index contributed by atoms with van der Waals surface area (Å²) in [5, 5.41) is 2.66. The molecule has 0 aliphatic rings. The smallest absolute Gasteiger partial charge is 0.490 e. The number of nitrogens with one attached hydrogen (secondary N) is 1. The summed E-state index contributed by atoms with van der Waals surface area (Å²) in [6.45, 7) is 3.28. The first-order valence-electron chi connectivity index (χ1n) is 8.82. The van der Waals surface area contributed by atoms with Crippen LogP contribution in [0.1, 0.15) is 28.4 Å². The molecule has 0 aromatic heterocycles. The number of hydrogen-bond donors (Lipinski definition) is 3. The van der Waals surface area contributed by atoms with Gasteiger partial charge in [0, 0.05) is 11.1 Å². The lowest BCUT2D eigenvalue weighted by molar-refractivity contribution is -0.274. The van der Waals surface area contributed by atoms with E-state index in [0.29, 0.717) is 11.3 Å². The summed E-state index contributed by atoms with van der Waals surface area (Å²) >= 11 is 10.1. The number of hydrogen-bond acceptors (Lipinski definition) is 5. The Kier molecular flexibility index (Phi) is 7.45. The van der Waals surface area contributed by atoms with Gasteiger partial charge in [-0.15, -0.1) is 13.2 Å². The standard InChI is InChI=1S/C20H20F3N3O3S2/c1-11-3-4-13(16(24)30)9-15(11)28-10-19(2,18(25)31)26-17(27)12-5-7-14(8-6-12)29-20(21,22)23/h3-9H,10H2,1-2H3,(H2,24,30)(H2,25,31)(H,26,27). The molecule has 1 unspecified atom stereocenters. The summed E-state index contributed by atoms with van der Waals surface area (Å²) in [7, 11) is 0. The zero-order valence-corrected chi connectivity index (χ0v) is 18.2. The molecule has 0 radical (unpaired) electrons. The Morgan fingerprint density at radius 1 is 1.06 bits per heavy atom. The number of nitrogens with two attached hydrogens (primary N) is 2. The van der Waals surface area contributed by atoms with Crippen LogP contribution in [0.25, 0.3) is 0 Å². The van der Waals surface area contributed by atoms with Crippen molar-refractivity contribution in [3.05, 3.63) is 59.2 Å². The van der Waals surface area contributed by atoms with Gasteiger partial charge in [0.05, 0.1) is 0 Å². The summed E-state index contributed by atoms with van der Waals surface area (Å²) in [6.07, 6.45) is -4.82. The molecule has 31 heavy (non-hydrogen) atoms. The zero-order chi connectivity index (χ0) is 23.4. The van der Waals surface area contributed by atoms with Gasteiger partial charge in [-0.05, 0) is 49.7 Å². The number of aryl methyl sites for hydroxylation is 1. The number of carbonyl (C=O) groups excluding carboxylic acids is 1. The van der Waals surface area contributed by atoms with Crippen LogP contribution >= 0.6 is 24.4 Å². The Morgan fingerprint density at radius 3 is 2.16 bits per heavy atom. The topological polar surface area (TPSA) is 99.6 Å². The summed E-state index contributed by atoms with van der Waals surface area (Å²) < 4.78 is 46.4. The third-order valence-corrected chi connectivity index (χ3v) is 4.96. The summed E-state index contributed by atoms with van der Waals surface area (Å²) in [5.41, 5.74) is 11.7. The van der Waals surface area contributed by atoms with Gasteiger partial charge in [-0.2, -0.15) is 0 Å². The largest absolute Gasteiger partial charge is 0.573 e. The van der Waals surface area contributed by atoms with Gasteiger partial charge in [-0.25, -0.2) is 0 Å². The molecule has 0 heterocycles. The molecule has 2 aromatic rings. The number of alkyl halides is 3. The molecule has 2 rings (SSSR count). The average Bonchev–Trinajstić information content (AvgIpc) is 2.66. The van der Waals surface area contributed by atoms with E-state index in [0.717, 1.165) is 17.7 Å². The third kappa shape index (κ3) is 6.79. The highest BCUT2D eigenvalue weighted by atomic mass is 32.1. The van der Waals surface area contributed by atoms with Gasteiger partial charge < -0.3 is 26.3 Å². The molecule has 2 aromatic carbocycles. The van der Waals surface area contributed by atoms with Crippen LogP contribution in [0.15, 0.2) is 42.5 Å². The first kappa shape index (κ1) is 24.4. The Labute approximate surface area is 187 Å². The molecule has 0 spiro atoms. The highest BCUT2D eigenvalue weighted by Gasteiger charge is 2.33. The van der Waals surface area contributed by atoms with Crippen molar-refractivity contribution in [3.8, 4) is 11.5 Å². The van der Waals surface area contributed by atoms with Gasteiger partial charge in [-0.3, -0.25) is 4.79 Å². The molecule has 166 valence electrons. The monoisotopic (exact) mass is 471 g/mol. The van der Waals surface area contributed by atoms with Crippen LogP contribution in [-0.4, -0.2) is 34.4 Å². The fourth-order valence-corrected chi connectivity index (χ4v) is 2.67. The van der Waals surface area contributed by atoms with Gasteiger partial charge >= 0.3 is 6.36 Å². The van der Waals surface area contributed by atoms with E-state index in [9.17, 15) is 18.0 Å². The molecule has 0 fully saturated rings. The van der Waals surface area contributed by atoms with Crippen molar-refractivity contribution < 1.29 is 27.4 Å². The van der Waals surface area contributed by atoms with Gasteiger partial charge in [0.15, 0.2) is 0 Å². The van der Waals surface area contributed by atoms with Crippen LogP contribution in [-0.2, 0) is 0 Å². The maximum Gasteiger partial charge on any atom is 0.573 e. The molecule has 0 aliphatic heterocycles. The van der Waals surface area contributed by atoms with E-state index in [1.165, 1.54) is 12.1 Å². The quantitative estimate of drug-likeness (QED) is 0.508. The number of benzene rings is 2. The van der Waals surface area contributed by atoms with Gasteiger partial charge in [0.2, 0.25) is 0 Å². The van der Waals surface area contributed by atoms with E-state index in [4.69, 9.17) is 40.6 Å². The van der Waals surface area contributed by atoms with Crippen molar-refractivity contribution in [2.45, 2.75) is 25.7 Å². The molecule has 0 saturated carbocycles. The van der Waals surface area contributed by atoms with E-state index in [1.807, 2.05) is 6.92 Å². The van der Waals surface area contributed by atoms with E-state index in [2.05, 4.69) is 10.1 Å². The van der Waals surface area contributed by atoms with Crippen molar-refractivity contribution in [1.29, 1.82) is 0 Å². The van der Waals surface area contributed by atoms with Crippen molar-refractivity contribution in [3.63, 3.8) is 0 Å². The Bertz CT molecular complexity index is 997. The molecule has 0 bridgehead atoms. The second-order valence-corrected chi connectivity index (χ2v) is 7.74. The Balaban J connectivity index is 2.14. The second-order valence-electron chi connectivity index (χ2n) is 6.86. The highest BCUT2D eigenvalue weighted by Crippen LogP contribution is 2.24. The lowest BCUT2D eigenvalue weighted by Gasteiger charge is -2.30. The van der Waals surface area contributed by atoms with Gasteiger partial charge in [-0.1, -0.05) is 36.6 Å². The van der Waals surface area contributed by atoms with Crippen LogP contribution < -0.4 is 26.3 Å². The molecular weight excluding hydrogens is 451 g/mol. The maximum absolute atomic E-state index is 12.6. The number of thiocarbonyl (C=S) groups is 2. The van der Waals surface area contributed by atoms with Crippen molar-refractivity contribution in [2.75, 3.05) is 6.61 Å². The third-order valence-electron chi connectivity index (χ3n) is 4.27. The highest BCUT2D eigenvalue weighted by molar-refractivity contribution is 7.80. The summed E-state index contributed by atoms with van der Waals surface area (Å²) in [4.78, 5) is 12.8. The van der Waals surface area contributed by atoms with Crippen LogP contribution in [0.3, 0.4) is 0 Å². The molecule has 6 nitrogen and oxygen atoms in total. The van der Waals surface area contributed by atoms with Crippen LogP contribution in [0.4, 0.5) is 13.2 Å². The molecule has 1 atom stereocenters. The Morgan fingerprint density at radius 2 is 1.65 bits per heavy atom. The van der Waals surface area contributed by atoms with Gasteiger partial charge in [0.1, 0.15) is 33.6 Å². The number of carbonyl (C=O) groups is 1. The molecule has 0 aliphatic carbocycles. The number of ether oxygens (including phenoxy) is 2. The lowest BCUT2D eigenvalue weighted by Crippen LogP contribution is -2.58. The molecule has 11 heteroatoms. The molecular formula is C20H20F3N3O3S2. The molecule has 0 saturated heterocycles. The maximum atomic E-state index is 12.6. The van der Waals surface area contributed by atoms with E-state index < -0.39 is 23.6 Å². The molecule has 1 amide bonds. The second kappa shape index (κ2) is 9.48. The van der Waals surface area contributed by atoms with Crippen LogP contribution in [0.5, 0.6) is 11.5 Å². The first-order valence-corrected chi connectivity index (χ1v) is 9.64. The Hall–Kier alpha value is -2.92. The van der Waals surface area contributed by atoms with Crippen molar-refractivity contribution >= 4 is 40.3 Å². The SMILES string of the molecule is Cc1ccc(C(N)=S)cc1OCC(C)(NC(=O)c1ccc(OC(F)(F)F)cc1)C(N)=S. The number of amides is 1. The average molecular weight is 472 g/mol. The lowest BCUT2D eigenvalue weighted by atomic mass is 10.0. The van der Waals surface area contributed by atoms with E-state index in [1.54, 1.807) is 25.1 Å². The van der Waals surface area contributed by atoms with Crippen molar-refractivity contribution in [2.24, 2.45) is 11.5 Å². The van der Waals surface area contributed by atoms with E-state index >= 15 is 0 Å². The molecule has 5 N–H and O–H groups in total.